The highest BCUT2D eigenvalue weighted by Crippen LogP contribution is 2.16. The van der Waals surface area contributed by atoms with Crippen molar-refractivity contribution in [1.82, 2.24) is 0 Å². The monoisotopic (exact) mass is 258 g/mol. The second-order valence-corrected chi connectivity index (χ2v) is 3.89. The van der Waals surface area contributed by atoms with Crippen molar-refractivity contribution in [1.29, 1.82) is 0 Å². The third-order valence-corrected chi connectivity index (χ3v) is 2.26. The number of unbranched alkanes of at least 4 members (excludes halogenated alkanes) is 7. The summed E-state index contributed by atoms with van der Waals surface area (Å²) in [5.41, 5.74) is 0. The number of halogens is 3. The molecule has 3 nitrogen and oxygen atoms in total. The normalized spacial score (nSPS) is 12.0. The fourth-order valence-electron chi connectivity index (χ4n) is 1.39. The zero-order chi connectivity index (χ0) is 13.0. The van der Waals surface area contributed by atoms with Gasteiger partial charge in [-0.3, -0.25) is 0 Å². The van der Waals surface area contributed by atoms with Crippen LogP contribution in [0.4, 0.5) is 13.2 Å². The molecule has 0 aromatic rings. The molecule has 0 aromatic carbocycles. The molecule has 0 aliphatic rings. The van der Waals surface area contributed by atoms with E-state index in [1.54, 1.807) is 0 Å². The van der Waals surface area contributed by atoms with E-state index >= 15 is 0 Å². The molecule has 0 rings (SSSR count). The molecule has 6 heteroatoms. The molecule has 0 aliphatic heterocycles. The quantitative estimate of drug-likeness (QED) is 0.309. The van der Waals surface area contributed by atoms with E-state index < -0.39 is 6.36 Å². The lowest BCUT2D eigenvalue weighted by Gasteiger charge is -2.05. The predicted molar refractivity (Wildman–Crippen MR) is 56.8 cm³/mol. The van der Waals surface area contributed by atoms with Crippen LogP contribution in [0.3, 0.4) is 0 Å². The summed E-state index contributed by atoms with van der Waals surface area (Å²) >= 11 is 0. The van der Waals surface area contributed by atoms with Gasteiger partial charge in [-0.1, -0.05) is 56.9 Å². The summed E-state index contributed by atoms with van der Waals surface area (Å²) in [6.45, 7) is 2.28. The van der Waals surface area contributed by atoms with Crippen LogP contribution in [0, 0.1) is 0 Å². The molecule has 104 valence electrons. The lowest BCUT2D eigenvalue weighted by molar-refractivity contribution is -0.601. The van der Waals surface area contributed by atoms with E-state index in [1.807, 2.05) is 0 Å². The second kappa shape index (κ2) is 10.8. The molecule has 0 saturated heterocycles. The van der Waals surface area contributed by atoms with Crippen molar-refractivity contribution in [2.45, 2.75) is 64.7 Å². The average molecular weight is 258 g/mol. The molecule has 0 atom stereocenters. The number of hydrogen-bond acceptors (Lipinski definition) is 3. The van der Waals surface area contributed by atoms with Crippen LogP contribution in [0.2, 0.25) is 0 Å². The van der Waals surface area contributed by atoms with Gasteiger partial charge in [-0.2, -0.15) is 0 Å². The first-order valence-corrected chi connectivity index (χ1v) is 6.10. The minimum absolute atomic E-state index is 0.116. The standard InChI is InChI=1S/C11H21F3O3/c1-2-3-4-5-6-7-8-9-10-15-17-16-11(12,13)14/h2-10H2,1H3. The van der Waals surface area contributed by atoms with E-state index in [-0.39, 0.29) is 6.61 Å². The van der Waals surface area contributed by atoms with E-state index in [2.05, 4.69) is 21.7 Å². The smallest absolute Gasteiger partial charge is 0.206 e. The van der Waals surface area contributed by atoms with Crippen LogP contribution in [0.15, 0.2) is 0 Å². The maximum absolute atomic E-state index is 11.4. The SMILES string of the molecule is CCCCCCCCCCOOOC(F)(F)F. The van der Waals surface area contributed by atoms with Crippen LogP contribution < -0.4 is 0 Å². The minimum atomic E-state index is -4.81. The minimum Gasteiger partial charge on any atom is -0.206 e. The van der Waals surface area contributed by atoms with Crippen molar-refractivity contribution >= 4 is 0 Å². The van der Waals surface area contributed by atoms with E-state index in [0.29, 0.717) is 6.42 Å². The molecule has 0 radical (unpaired) electrons. The number of rotatable bonds is 11. The fraction of sp³-hybridized carbons (Fsp3) is 1.00. The fourth-order valence-corrected chi connectivity index (χ4v) is 1.39. The highest BCUT2D eigenvalue weighted by atomic mass is 19.4. The van der Waals surface area contributed by atoms with Gasteiger partial charge in [0.05, 0.1) is 6.61 Å². The Balaban J connectivity index is 2.99. The van der Waals surface area contributed by atoms with Crippen LogP contribution in [0.25, 0.3) is 0 Å². The Kier molecular flexibility index (Phi) is 10.6. The summed E-state index contributed by atoms with van der Waals surface area (Å²) in [5.74, 6) is 0. The molecule has 0 aromatic heterocycles. The van der Waals surface area contributed by atoms with Crippen LogP contribution in [0.1, 0.15) is 58.3 Å². The molecule has 0 unspecified atom stereocenters. The highest BCUT2D eigenvalue weighted by Gasteiger charge is 2.31. The van der Waals surface area contributed by atoms with Crippen molar-refractivity contribution < 1.29 is 28.0 Å². The van der Waals surface area contributed by atoms with Crippen molar-refractivity contribution in [2.24, 2.45) is 0 Å². The molecular weight excluding hydrogens is 237 g/mol. The maximum atomic E-state index is 11.4. The van der Waals surface area contributed by atoms with Gasteiger partial charge in [-0.25, -0.2) is 4.89 Å². The molecule has 0 saturated carbocycles. The summed E-state index contributed by atoms with van der Waals surface area (Å²) in [7, 11) is 0. The zero-order valence-corrected chi connectivity index (χ0v) is 10.2. The first kappa shape index (κ1) is 16.7. The van der Waals surface area contributed by atoms with Crippen molar-refractivity contribution in [3.8, 4) is 0 Å². The van der Waals surface area contributed by atoms with E-state index in [0.717, 1.165) is 12.8 Å². The molecule has 0 amide bonds. The van der Waals surface area contributed by atoms with Crippen LogP contribution in [-0.2, 0) is 14.8 Å². The van der Waals surface area contributed by atoms with Crippen LogP contribution in [0.5, 0.6) is 0 Å². The molecule has 0 N–H and O–H groups in total. The van der Waals surface area contributed by atoms with E-state index in [1.165, 1.54) is 32.1 Å². The lowest BCUT2D eigenvalue weighted by atomic mass is 10.1. The maximum Gasteiger partial charge on any atom is 0.551 e. The Morgan fingerprint density at radius 1 is 0.824 bits per heavy atom. The molecule has 17 heavy (non-hydrogen) atoms. The number of hydrogen-bond donors (Lipinski definition) is 0. The van der Waals surface area contributed by atoms with Gasteiger partial charge in [-0.05, 0) is 6.42 Å². The van der Waals surface area contributed by atoms with Crippen molar-refractivity contribution in [3.63, 3.8) is 0 Å². The molecule has 0 fully saturated rings. The predicted octanol–water partition coefficient (Wildman–Crippen LogP) is 4.53. The van der Waals surface area contributed by atoms with Crippen LogP contribution in [-0.4, -0.2) is 13.0 Å². The largest absolute Gasteiger partial charge is 0.551 e. The van der Waals surface area contributed by atoms with Gasteiger partial charge in [0.1, 0.15) is 0 Å². The second-order valence-electron chi connectivity index (χ2n) is 3.89. The Morgan fingerprint density at radius 2 is 1.35 bits per heavy atom. The third-order valence-electron chi connectivity index (χ3n) is 2.26. The summed E-state index contributed by atoms with van der Waals surface area (Å²) in [4.78, 5) is 7.19. The topological polar surface area (TPSA) is 27.7 Å². The Morgan fingerprint density at radius 3 is 1.88 bits per heavy atom. The molecule has 0 heterocycles. The first-order valence-electron chi connectivity index (χ1n) is 6.10. The van der Waals surface area contributed by atoms with Gasteiger partial charge in [0.15, 0.2) is 0 Å². The van der Waals surface area contributed by atoms with Gasteiger partial charge < -0.3 is 0 Å². The summed E-state index contributed by atoms with van der Waals surface area (Å²) < 4.78 is 34.2. The summed E-state index contributed by atoms with van der Waals surface area (Å²) in [6.07, 6.45) is 4.02. The van der Waals surface area contributed by atoms with Gasteiger partial charge in [0.2, 0.25) is 0 Å². The van der Waals surface area contributed by atoms with Gasteiger partial charge in [0, 0.05) is 0 Å². The highest BCUT2D eigenvalue weighted by molar-refractivity contribution is 4.44. The Labute approximate surface area is 100 Å². The van der Waals surface area contributed by atoms with Gasteiger partial charge in [-0.15, -0.1) is 18.1 Å². The van der Waals surface area contributed by atoms with Crippen LogP contribution >= 0.6 is 0 Å². The zero-order valence-electron chi connectivity index (χ0n) is 10.2. The third kappa shape index (κ3) is 15.7. The Bertz CT molecular complexity index is 163. The summed E-state index contributed by atoms with van der Waals surface area (Å²) in [6, 6.07) is 0. The average Bonchev–Trinajstić information content (AvgIpc) is 2.24. The molecular formula is C11H21F3O3. The molecule has 0 aliphatic carbocycles. The van der Waals surface area contributed by atoms with Gasteiger partial charge >= 0.3 is 6.36 Å². The summed E-state index contributed by atoms with van der Waals surface area (Å²) in [5, 5.41) is 3.53. The van der Waals surface area contributed by atoms with E-state index in [9.17, 15) is 13.2 Å². The molecule has 0 bridgehead atoms. The number of alkyl halides is 3. The molecule has 0 spiro atoms. The first-order chi connectivity index (χ1) is 8.06. The van der Waals surface area contributed by atoms with Crippen molar-refractivity contribution in [3.05, 3.63) is 0 Å². The van der Waals surface area contributed by atoms with Gasteiger partial charge in [0.25, 0.3) is 0 Å². The van der Waals surface area contributed by atoms with E-state index in [4.69, 9.17) is 0 Å². The lowest BCUT2D eigenvalue weighted by Crippen LogP contribution is -2.14. The Hall–Kier alpha value is -0.330. The van der Waals surface area contributed by atoms with Crippen molar-refractivity contribution in [2.75, 3.05) is 6.61 Å².